The van der Waals surface area contributed by atoms with Crippen molar-refractivity contribution in [3.8, 4) is 0 Å². The fraction of sp³-hybridized carbons (Fsp3) is 0.833. The van der Waals surface area contributed by atoms with E-state index in [-0.39, 0.29) is 12.5 Å². The molecular weight excluding hydrogens is 263 g/mol. The Kier molecular flexibility index (Phi) is 5.20. The summed E-state index contributed by atoms with van der Waals surface area (Å²) in [5, 5.41) is 8.59. The molecule has 1 fully saturated rings. The molecule has 1 N–H and O–H groups in total. The van der Waals surface area contributed by atoms with E-state index in [1.54, 1.807) is 6.92 Å². The first-order valence-electron chi connectivity index (χ1n) is 6.33. The van der Waals surface area contributed by atoms with Crippen molar-refractivity contribution in [3.05, 3.63) is 0 Å². The van der Waals surface area contributed by atoms with E-state index in [2.05, 4.69) is 0 Å². The molecule has 0 aromatic heterocycles. The van der Waals surface area contributed by atoms with Gasteiger partial charge >= 0.3 is 18.1 Å². The molecule has 1 rings (SSSR count). The highest BCUT2D eigenvalue weighted by atomic mass is 19.4. The molecule has 110 valence electrons. The van der Waals surface area contributed by atoms with Gasteiger partial charge in [-0.2, -0.15) is 13.2 Å². The number of carbonyl (C=O) groups excluding carboxylic acids is 1. The van der Waals surface area contributed by atoms with E-state index >= 15 is 0 Å². The smallest absolute Gasteiger partial charge is 0.471 e. The molecule has 0 aromatic carbocycles. The lowest BCUT2D eigenvalue weighted by Crippen LogP contribution is -2.51. The van der Waals surface area contributed by atoms with Crippen LogP contribution in [0.4, 0.5) is 13.2 Å². The van der Waals surface area contributed by atoms with Gasteiger partial charge in [0.1, 0.15) is 0 Å². The average Bonchev–Trinajstić information content (AvgIpc) is 2.29. The molecule has 0 radical (unpaired) electrons. The fourth-order valence-electron chi connectivity index (χ4n) is 2.56. The molecule has 0 spiro atoms. The van der Waals surface area contributed by atoms with E-state index < -0.39 is 30.5 Å². The minimum absolute atomic E-state index is 0.0335. The van der Waals surface area contributed by atoms with Gasteiger partial charge in [0.05, 0.1) is 6.42 Å². The molecule has 0 saturated heterocycles. The Labute approximate surface area is 109 Å². The van der Waals surface area contributed by atoms with Crippen molar-refractivity contribution in [3.63, 3.8) is 0 Å². The molecule has 1 aliphatic rings. The third-order valence-electron chi connectivity index (χ3n) is 3.54. The van der Waals surface area contributed by atoms with Crippen LogP contribution in [0.3, 0.4) is 0 Å². The van der Waals surface area contributed by atoms with Crippen LogP contribution in [0.1, 0.15) is 39.0 Å². The maximum absolute atomic E-state index is 12.6. The molecule has 19 heavy (non-hydrogen) atoms. The summed E-state index contributed by atoms with van der Waals surface area (Å²) in [6.45, 7) is 1.42. The number of hydrogen-bond donors (Lipinski definition) is 1. The number of nitrogens with zero attached hydrogens (tertiary/aromatic N) is 1. The Hall–Kier alpha value is -1.27. The zero-order valence-electron chi connectivity index (χ0n) is 10.7. The Morgan fingerprint density at radius 3 is 2.32 bits per heavy atom. The van der Waals surface area contributed by atoms with Crippen molar-refractivity contribution >= 4 is 11.9 Å². The molecule has 0 bridgehead atoms. The highest BCUT2D eigenvalue weighted by Gasteiger charge is 2.45. The molecule has 0 aromatic rings. The van der Waals surface area contributed by atoms with Gasteiger partial charge in [-0.3, -0.25) is 9.59 Å². The minimum Gasteiger partial charge on any atom is -0.481 e. The Bertz CT molecular complexity index is 344. The first-order chi connectivity index (χ1) is 8.73. The summed E-state index contributed by atoms with van der Waals surface area (Å²) in [6, 6.07) is -0.512. The van der Waals surface area contributed by atoms with Gasteiger partial charge in [-0.25, -0.2) is 0 Å². The summed E-state index contributed by atoms with van der Waals surface area (Å²) in [5.41, 5.74) is 0. The van der Waals surface area contributed by atoms with Gasteiger partial charge in [0.25, 0.3) is 0 Å². The number of halogens is 3. The summed E-state index contributed by atoms with van der Waals surface area (Å²) < 4.78 is 37.7. The van der Waals surface area contributed by atoms with E-state index in [4.69, 9.17) is 5.11 Å². The number of aliphatic carboxylic acids is 1. The zero-order chi connectivity index (χ0) is 14.6. The van der Waals surface area contributed by atoms with Gasteiger partial charge in [-0.15, -0.1) is 0 Å². The van der Waals surface area contributed by atoms with Gasteiger partial charge in [-0.1, -0.05) is 19.8 Å². The normalized spacial score (nSPS) is 24.0. The van der Waals surface area contributed by atoms with Crippen LogP contribution in [0.25, 0.3) is 0 Å². The second kappa shape index (κ2) is 6.25. The molecule has 0 heterocycles. The average molecular weight is 281 g/mol. The van der Waals surface area contributed by atoms with Crippen molar-refractivity contribution < 1.29 is 27.9 Å². The Morgan fingerprint density at radius 2 is 1.84 bits per heavy atom. The van der Waals surface area contributed by atoms with Crippen LogP contribution in [0.2, 0.25) is 0 Å². The van der Waals surface area contributed by atoms with E-state index in [0.29, 0.717) is 11.3 Å². The van der Waals surface area contributed by atoms with Crippen molar-refractivity contribution in [1.29, 1.82) is 0 Å². The zero-order valence-corrected chi connectivity index (χ0v) is 10.7. The van der Waals surface area contributed by atoms with Gasteiger partial charge < -0.3 is 10.0 Å². The number of hydrogen-bond acceptors (Lipinski definition) is 2. The maximum atomic E-state index is 12.6. The van der Waals surface area contributed by atoms with Gasteiger partial charge in [0.2, 0.25) is 0 Å². The van der Waals surface area contributed by atoms with Gasteiger partial charge in [-0.05, 0) is 18.8 Å². The summed E-state index contributed by atoms with van der Waals surface area (Å²) >= 11 is 0. The highest BCUT2D eigenvalue weighted by Crippen LogP contribution is 2.31. The van der Waals surface area contributed by atoms with Crippen LogP contribution in [0.5, 0.6) is 0 Å². The minimum atomic E-state index is -4.95. The van der Waals surface area contributed by atoms with Gasteiger partial charge in [0.15, 0.2) is 0 Å². The van der Waals surface area contributed by atoms with Crippen molar-refractivity contribution in [2.24, 2.45) is 5.92 Å². The number of carbonyl (C=O) groups is 2. The number of amides is 1. The van der Waals surface area contributed by atoms with Crippen molar-refractivity contribution in [2.75, 3.05) is 6.54 Å². The van der Waals surface area contributed by atoms with Gasteiger partial charge in [0, 0.05) is 12.6 Å². The molecule has 1 saturated carbocycles. The van der Waals surface area contributed by atoms with Crippen LogP contribution in [0, 0.1) is 5.92 Å². The number of carboxylic acids is 1. The lowest BCUT2D eigenvalue weighted by molar-refractivity contribution is -0.189. The summed E-state index contributed by atoms with van der Waals surface area (Å²) in [5.74, 6) is -3.16. The second-order valence-corrected chi connectivity index (χ2v) is 4.97. The monoisotopic (exact) mass is 281 g/mol. The molecule has 0 aliphatic heterocycles. The van der Waals surface area contributed by atoms with Crippen LogP contribution in [0.15, 0.2) is 0 Å². The topological polar surface area (TPSA) is 57.6 Å². The van der Waals surface area contributed by atoms with E-state index in [9.17, 15) is 22.8 Å². The lowest BCUT2D eigenvalue weighted by atomic mass is 9.84. The number of carboxylic acid groups (broad SMARTS) is 1. The van der Waals surface area contributed by atoms with E-state index in [0.717, 1.165) is 19.3 Å². The van der Waals surface area contributed by atoms with Crippen LogP contribution in [-0.4, -0.2) is 40.6 Å². The Morgan fingerprint density at radius 1 is 1.26 bits per heavy atom. The van der Waals surface area contributed by atoms with Crippen molar-refractivity contribution in [1.82, 2.24) is 4.90 Å². The third-order valence-corrected chi connectivity index (χ3v) is 3.54. The lowest BCUT2D eigenvalue weighted by Gasteiger charge is -2.38. The third kappa shape index (κ3) is 4.40. The summed E-state index contributed by atoms with van der Waals surface area (Å²) in [6.07, 6.45) is -2.45. The standard InChI is InChI=1S/C12H18F3NO3/c1-8-4-2-3-5-9(8)16(7-6-10(17)18)11(19)12(13,14)15/h8-9H,2-7H2,1H3,(H,17,18). The van der Waals surface area contributed by atoms with Crippen LogP contribution in [-0.2, 0) is 9.59 Å². The first kappa shape index (κ1) is 15.8. The van der Waals surface area contributed by atoms with E-state index in [1.807, 2.05) is 0 Å². The Balaban J connectivity index is 2.84. The quantitative estimate of drug-likeness (QED) is 0.861. The number of alkyl halides is 3. The van der Waals surface area contributed by atoms with Crippen LogP contribution < -0.4 is 0 Å². The van der Waals surface area contributed by atoms with Crippen LogP contribution >= 0.6 is 0 Å². The summed E-state index contributed by atoms with van der Waals surface area (Å²) in [7, 11) is 0. The molecule has 2 atom stereocenters. The molecule has 2 unspecified atom stereocenters. The SMILES string of the molecule is CC1CCCCC1N(CCC(=O)O)C(=O)C(F)(F)F. The molecule has 7 heteroatoms. The summed E-state index contributed by atoms with van der Waals surface area (Å²) in [4.78, 5) is 22.7. The molecule has 4 nitrogen and oxygen atoms in total. The largest absolute Gasteiger partial charge is 0.481 e. The predicted octanol–water partition coefficient (Wildman–Crippen LogP) is 2.43. The molecule has 1 amide bonds. The predicted molar refractivity (Wildman–Crippen MR) is 61.4 cm³/mol. The fourth-order valence-corrected chi connectivity index (χ4v) is 2.56. The van der Waals surface area contributed by atoms with E-state index in [1.165, 1.54) is 0 Å². The number of rotatable bonds is 4. The molecule has 1 aliphatic carbocycles. The second-order valence-electron chi connectivity index (χ2n) is 4.97. The first-order valence-corrected chi connectivity index (χ1v) is 6.33. The van der Waals surface area contributed by atoms with Crippen molar-refractivity contribution in [2.45, 2.75) is 51.2 Å². The molecular formula is C12H18F3NO3. The highest BCUT2D eigenvalue weighted by molar-refractivity contribution is 5.82. The maximum Gasteiger partial charge on any atom is 0.471 e.